The second-order valence-corrected chi connectivity index (χ2v) is 5.47. The largest absolute Gasteiger partial charge is 0.495 e. The molecule has 0 spiro atoms. The number of ether oxygens (including phenoxy) is 1. The number of halogens is 1. The molecule has 0 aliphatic rings. The molecule has 1 heterocycles. The summed E-state index contributed by atoms with van der Waals surface area (Å²) in [5.41, 5.74) is 3.46. The van der Waals surface area contributed by atoms with Gasteiger partial charge in [-0.05, 0) is 55.3 Å². The number of anilines is 1. The summed E-state index contributed by atoms with van der Waals surface area (Å²) >= 11 is 0. The molecule has 0 aliphatic carbocycles. The minimum atomic E-state index is -0.327. The standard InChI is InChI=1S/C18H17FN2O2/c1-10-4-7-16(23-3)15(8-10)21-18(22)17-11(2)13-9-12(19)5-6-14(13)20-17/h4-9,20H,1-3H3,(H,21,22). The predicted octanol–water partition coefficient (Wildman–Crippen LogP) is 4.18. The Bertz CT molecular complexity index is 899. The van der Waals surface area contributed by atoms with Crippen LogP contribution < -0.4 is 10.1 Å². The smallest absolute Gasteiger partial charge is 0.272 e. The van der Waals surface area contributed by atoms with E-state index in [1.54, 1.807) is 26.2 Å². The third-order valence-electron chi connectivity index (χ3n) is 3.85. The Balaban J connectivity index is 1.98. The van der Waals surface area contributed by atoms with Gasteiger partial charge in [-0.2, -0.15) is 0 Å². The van der Waals surface area contributed by atoms with Crippen LogP contribution in [-0.4, -0.2) is 18.0 Å². The Morgan fingerprint density at radius 2 is 1.96 bits per heavy atom. The first kappa shape index (κ1) is 15.1. The van der Waals surface area contributed by atoms with E-state index in [0.717, 1.165) is 11.1 Å². The van der Waals surface area contributed by atoms with E-state index in [4.69, 9.17) is 4.74 Å². The van der Waals surface area contributed by atoms with Gasteiger partial charge < -0.3 is 15.0 Å². The summed E-state index contributed by atoms with van der Waals surface area (Å²) in [6.07, 6.45) is 0. The molecule has 0 aliphatic heterocycles. The zero-order valence-electron chi connectivity index (χ0n) is 13.2. The molecule has 23 heavy (non-hydrogen) atoms. The normalized spacial score (nSPS) is 10.8. The van der Waals surface area contributed by atoms with Crippen LogP contribution in [-0.2, 0) is 0 Å². The molecule has 0 fully saturated rings. The maximum absolute atomic E-state index is 13.4. The molecular weight excluding hydrogens is 295 g/mol. The van der Waals surface area contributed by atoms with Gasteiger partial charge in [0.15, 0.2) is 0 Å². The van der Waals surface area contributed by atoms with Gasteiger partial charge >= 0.3 is 0 Å². The van der Waals surface area contributed by atoms with Crippen LogP contribution in [0.3, 0.4) is 0 Å². The number of hydrogen-bond donors (Lipinski definition) is 2. The summed E-state index contributed by atoms with van der Waals surface area (Å²) in [5, 5.41) is 3.55. The Morgan fingerprint density at radius 3 is 2.70 bits per heavy atom. The van der Waals surface area contributed by atoms with Gasteiger partial charge in [-0.1, -0.05) is 6.07 Å². The van der Waals surface area contributed by atoms with Crippen LogP contribution in [0, 0.1) is 19.7 Å². The van der Waals surface area contributed by atoms with E-state index in [0.29, 0.717) is 28.1 Å². The number of carbonyl (C=O) groups excluding carboxylic acids is 1. The highest BCUT2D eigenvalue weighted by Crippen LogP contribution is 2.27. The minimum Gasteiger partial charge on any atom is -0.495 e. The zero-order chi connectivity index (χ0) is 16.6. The van der Waals surface area contributed by atoms with E-state index < -0.39 is 0 Å². The number of nitrogens with one attached hydrogen (secondary N) is 2. The van der Waals surface area contributed by atoms with Crippen molar-refractivity contribution in [2.24, 2.45) is 0 Å². The first-order valence-corrected chi connectivity index (χ1v) is 7.23. The predicted molar refractivity (Wildman–Crippen MR) is 88.7 cm³/mol. The van der Waals surface area contributed by atoms with Crippen LogP contribution in [0.2, 0.25) is 0 Å². The molecule has 118 valence electrons. The Kier molecular flexibility index (Phi) is 3.78. The zero-order valence-corrected chi connectivity index (χ0v) is 13.2. The summed E-state index contributed by atoms with van der Waals surface area (Å²) < 4.78 is 18.7. The van der Waals surface area contributed by atoms with Crippen LogP contribution in [0.1, 0.15) is 21.6 Å². The molecule has 2 N–H and O–H groups in total. The molecule has 0 saturated carbocycles. The number of aromatic nitrogens is 1. The number of hydrogen-bond acceptors (Lipinski definition) is 2. The lowest BCUT2D eigenvalue weighted by Crippen LogP contribution is -2.14. The number of methoxy groups -OCH3 is 1. The summed E-state index contributed by atoms with van der Waals surface area (Å²) in [6.45, 7) is 3.73. The minimum absolute atomic E-state index is 0.289. The lowest BCUT2D eigenvalue weighted by atomic mass is 10.1. The van der Waals surface area contributed by atoms with Crippen molar-refractivity contribution >= 4 is 22.5 Å². The van der Waals surface area contributed by atoms with Gasteiger partial charge in [0, 0.05) is 10.9 Å². The number of aromatic amines is 1. The topological polar surface area (TPSA) is 54.1 Å². The fraction of sp³-hybridized carbons (Fsp3) is 0.167. The van der Waals surface area contributed by atoms with Crippen molar-refractivity contribution in [2.45, 2.75) is 13.8 Å². The van der Waals surface area contributed by atoms with Gasteiger partial charge in [-0.25, -0.2) is 4.39 Å². The molecule has 0 bridgehead atoms. The Morgan fingerprint density at radius 1 is 1.17 bits per heavy atom. The van der Waals surface area contributed by atoms with Crippen molar-refractivity contribution in [3.05, 3.63) is 59.0 Å². The Hall–Kier alpha value is -2.82. The summed E-state index contributed by atoms with van der Waals surface area (Å²) in [7, 11) is 1.55. The van der Waals surface area contributed by atoms with Crippen molar-refractivity contribution in [1.82, 2.24) is 4.98 Å². The molecule has 3 aromatic rings. The summed E-state index contributed by atoms with van der Waals surface area (Å²) in [4.78, 5) is 15.6. The van der Waals surface area contributed by atoms with E-state index in [9.17, 15) is 9.18 Å². The molecule has 3 rings (SSSR count). The van der Waals surface area contributed by atoms with E-state index >= 15 is 0 Å². The van der Waals surface area contributed by atoms with Gasteiger partial charge in [-0.3, -0.25) is 4.79 Å². The van der Waals surface area contributed by atoms with Crippen molar-refractivity contribution in [3.63, 3.8) is 0 Å². The number of benzene rings is 2. The van der Waals surface area contributed by atoms with Crippen LogP contribution in [0.15, 0.2) is 36.4 Å². The lowest BCUT2D eigenvalue weighted by Gasteiger charge is -2.10. The molecule has 0 saturated heterocycles. The van der Waals surface area contributed by atoms with Crippen molar-refractivity contribution in [3.8, 4) is 5.75 Å². The van der Waals surface area contributed by atoms with Crippen LogP contribution in [0.5, 0.6) is 5.75 Å². The van der Waals surface area contributed by atoms with Gasteiger partial charge in [-0.15, -0.1) is 0 Å². The van der Waals surface area contributed by atoms with Gasteiger partial charge in [0.05, 0.1) is 12.8 Å². The maximum Gasteiger partial charge on any atom is 0.272 e. The van der Waals surface area contributed by atoms with Crippen LogP contribution in [0.4, 0.5) is 10.1 Å². The highest BCUT2D eigenvalue weighted by Gasteiger charge is 2.17. The number of aryl methyl sites for hydroxylation is 2. The van der Waals surface area contributed by atoms with Crippen molar-refractivity contribution < 1.29 is 13.9 Å². The SMILES string of the molecule is COc1ccc(C)cc1NC(=O)c1[nH]c2ccc(F)cc2c1C. The Labute approximate surface area is 133 Å². The van der Waals surface area contributed by atoms with Crippen LogP contribution in [0.25, 0.3) is 10.9 Å². The number of H-pyrrole nitrogens is 1. The van der Waals surface area contributed by atoms with Crippen molar-refractivity contribution in [1.29, 1.82) is 0 Å². The highest BCUT2D eigenvalue weighted by atomic mass is 19.1. The molecule has 5 heteroatoms. The van der Waals surface area contributed by atoms with E-state index in [-0.39, 0.29) is 11.7 Å². The van der Waals surface area contributed by atoms with Crippen LogP contribution >= 0.6 is 0 Å². The number of amides is 1. The number of rotatable bonds is 3. The summed E-state index contributed by atoms with van der Waals surface area (Å²) in [5.74, 6) is -0.0290. The molecule has 0 unspecified atom stereocenters. The molecule has 0 radical (unpaired) electrons. The third-order valence-corrected chi connectivity index (χ3v) is 3.85. The molecule has 0 atom stereocenters. The molecule has 4 nitrogen and oxygen atoms in total. The fourth-order valence-corrected chi connectivity index (χ4v) is 2.63. The number of carbonyl (C=O) groups is 1. The average Bonchev–Trinajstić information content (AvgIpc) is 2.84. The van der Waals surface area contributed by atoms with Crippen molar-refractivity contribution in [2.75, 3.05) is 12.4 Å². The van der Waals surface area contributed by atoms with E-state index in [2.05, 4.69) is 10.3 Å². The molecule has 1 aromatic heterocycles. The van der Waals surface area contributed by atoms with Gasteiger partial charge in [0.1, 0.15) is 17.3 Å². The molecule has 1 amide bonds. The second kappa shape index (κ2) is 5.76. The molecule has 2 aromatic carbocycles. The first-order valence-electron chi connectivity index (χ1n) is 7.23. The first-order chi connectivity index (χ1) is 11.0. The lowest BCUT2D eigenvalue weighted by molar-refractivity contribution is 0.102. The molecular formula is C18H17FN2O2. The van der Waals surface area contributed by atoms with E-state index in [1.807, 2.05) is 19.1 Å². The second-order valence-electron chi connectivity index (χ2n) is 5.47. The number of fused-ring (bicyclic) bond motifs is 1. The summed E-state index contributed by atoms with van der Waals surface area (Å²) in [6, 6.07) is 9.97. The van der Waals surface area contributed by atoms with E-state index in [1.165, 1.54) is 12.1 Å². The highest BCUT2D eigenvalue weighted by molar-refractivity contribution is 6.08. The monoisotopic (exact) mass is 312 g/mol. The third kappa shape index (κ3) is 2.77. The van der Waals surface area contributed by atoms with Gasteiger partial charge in [0.2, 0.25) is 0 Å². The van der Waals surface area contributed by atoms with Gasteiger partial charge in [0.25, 0.3) is 5.91 Å². The fourth-order valence-electron chi connectivity index (χ4n) is 2.63. The average molecular weight is 312 g/mol. The quantitative estimate of drug-likeness (QED) is 0.762. The maximum atomic E-state index is 13.4.